The van der Waals surface area contributed by atoms with Gasteiger partial charge in [-0.3, -0.25) is 9.36 Å². The van der Waals surface area contributed by atoms with Crippen molar-refractivity contribution in [1.82, 2.24) is 9.55 Å². The van der Waals surface area contributed by atoms with Crippen LogP contribution in [-0.4, -0.2) is 61.8 Å². The third kappa shape index (κ3) is 10.9. The van der Waals surface area contributed by atoms with Crippen LogP contribution in [0.15, 0.2) is 193 Å². The van der Waals surface area contributed by atoms with Gasteiger partial charge in [0.1, 0.15) is 29.1 Å². The Bertz CT molecular complexity index is 3290. The number of aryl methyl sites for hydroxylation is 1. The summed E-state index contributed by atoms with van der Waals surface area (Å²) >= 11 is 0. The van der Waals surface area contributed by atoms with Gasteiger partial charge >= 0.3 is 11.7 Å². The van der Waals surface area contributed by atoms with Crippen molar-refractivity contribution in [2.45, 2.75) is 76.2 Å². The zero-order valence-corrected chi connectivity index (χ0v) is 45.1. The fraction of sp³-hybridized carbons (Fsp3) is 0.238. The first-order valence-electron chi connectivity index (χ1n) is 25.6. The zero-order chi connectivity index (χ0) is 54.3. The van der Waals surface area contributed by atoms with Gasteiger partial charge in [0.2, 0.25) is 0 Å². The average molecular weight is 1050 g/mol. The molecule has 1 aliphatic heterocycles. The summed E-state index contributed by atoms with van der Waals surface area (Å²) in [4.78, 5) is 45.8. The van der Waals surface area contributed by atoms with Crippen molar-refractivity contribution < 1.29 is 38.1 Å². The monoisotopic (exact) mass is 1050 g/mol. The van der Waals surface area contributed by atoms with E-state index in [1.54, 1.807) is 57.7 Å². The number of ether oxygens (including phenoxy) is 4. The second-order valence-corrected chi connectivity index (χ2v) is 24.5. The van der Waals surface area contributed by atoms with Crippen LogP contribution in [0.4, 0.5) is 5.82 Å². The van der Waals surface area contributed by atoms with E-state index in [4.69, 9.17) is 29.1 Å². The number of nitrogens with zero attached hydrogens (tertiary/aromatic N) is 2. The summed E-state index contributed by atoms with van der Waals surface area (Å²) in [6, 6.07) is 58.0. The van der Waals surface area contributed by atoms with E-state index in [2.05, 4.69) is 55.3 Å². The van der Waals surface area contributed by atoms with Gasteiger partial charge in [0.25, 0.3) is 14.2 Å². The molecule has 4 N–H and O–H groups in total. The summed E-state index contributed by atoms with van der Waals surface area (Å²) < 4.78 is 34.9. The number of nitrogens with two attached hydrogens (primary N) is 1. The van der Waals surface area contributed by atoms with Crippen LogP contribution in [-0.2, 0) is 32.7 Å². The lowest BCUT2D eigenvalue weighted by Gasteiger charge is -2.43. The average Bonchev–Trinajstić information content (AvgIpc) is 3.92. The number of hydrogen-bond donors (Lipinski definition) is 3. The summed E-state index contributed by atoms with van der Waals surface area (Å²) in [6.45, 7) is 8.20. The Kier molecular flexibility index (Phi) is 16.1. The van der Waals surface area contributed by atoms with Crippen molar-refractivity contribution in [2.75, 3.05) is 26.1 Å². The van der Waals surface area contributed by atoms with Gasteiger partial charge in [-0.2, -0.15) is 4.98 Å². The molecule has 1 aliphatic rings. The maximum Gasteiger partial charge on any atom is 0.351 e. The van der Waals surface area contributed by atoms with Gasteiger partial charge < -0.3 is 39.5 Å². The fourth-order valence-electron chi connectivity index (χ4n) is 10.8. The lowest BCUT2D eigenvalue weighted by molar-refractivity contribution is -0.0802. The first kappa shape index (κ1) is 53.8. The quantitative estimate of drug-likeness (QED) is 0.0520. The van der Waals surface area contributed by atoms with Crippen LogP contribution in [0.5, 0.6) is 11.5 Å². The Morgan fingerprint density at radius 3 is 1.78 bits per heavy atom. The maximum atomic E-state index is 14.4. The minimum atomic E-state index is -3.25. The van der Waals surface area contributed by atoms with Crippen LogP contribution in [0.1, 0.15) is 99.0 Å². The molecule has 0 radical (unpaired) electrons. The fourth-order valence-corrected chi connectivity index (χ4v) is 15.3. The van der Waals surface area contributed by atoms with Gasteiger partial charge in [0.15, 0.2) is 0 Å². The van der Waals surface area contributed by atoms with Crippen molar-refractivity contribution in [3.63, 3.8) is 0 Å². The van der Waals surface area contributed by atoms with E-state index in [1.807, 2.05) is 127 Å². The highest BCUT2D eigenvalue weighted by molar-refractivity contribution is 6.99. The molecule has 0 aliphatic carbocycles. The number of nitrogens with one attached hydrogen (secondary N) is 1. The van der Waals surface area contributed by atoms with Crippen molar-refractivity contribution in [3.8, 4) is 11.5 Å². The molecule has 0 spiro atoms. The molecule has 1 fully saturated rings. The summed E-state index contributed by atoms with van der Waals surface area (Å²) in [5.41, 5.74) is 9.61. The Hall–Kier alpha value is -7.98. The van der Waals surface area contributed by atoms with Crippen LogP contribution in [0.3, 0.4) is 0 Å². The number of amides is 1. The van der Waals surface area contributed by atoms with E-state index < -0.39 is 54.8 Å². The molecule has 2 heterocycles. The van der Waals surface area contributed by atoms with Crippen LogP contribution in [0, 0.1) is 6.92 Å². The number of aromatic nitrogens is 2. The van der Waals surface area contributed by atoms with Gasteiger partial charge in [0.05, 0.1) is 39.1 Å². The SMILES string of the molecule is COc1ccc(C(OC[C@@H]2O[C@@H](n3cc(C)c(NC(=O)c4ccccc4)nc3=O)C[C@H]2c2cc(CN)cc(C(=O)O)c2CO[Si](c2ccccc2)(c2ccccc2)C(C)(C)C)(c2ccccc2)c2ccc(OC)cc2)cc1. The Morgan fingerprint density at radius 2 is 1.27 bits per heavy atom. The largest absolute Gasteiger partial charge is 0.497 e. The minimum absolute atomic E-state index is 0.0477. The van der Waals surface area contributed by atoms with E-state index >= 15 is 0 Å². The number of benzene rings is 7. The predicted molar refractivity (Wildman–Crippen MR) is 301 cm³/mol. The third-order valence-electron chi connectivity index (χ3n) is 14.6. The smallest absolute Gasteiger partial charge is 0.351 e. The second-order valence-electron chi connectivity index (χ2n) is 20.2. The number of carbonyl (C=O) groups excluding carboxylic acids is 1. The van der Waals surface area contributed by atoms with E-state index in [9.17, 15) is 19.5 Å². The first-order chi connectivity index (χ1) is 37.2. The van der Waals surface area contributed by atoms with Crippen LogP contribution < -0.4 is 36.6 Å². The van der Waals surface area contributed by atoms with Crippen LogP contribution in [0.2, 0.25) is 5.04 Å². The highest BCUT2D eigenvalue weighted by Gasteiger charge is 2.51. The van der Waals surface area contributed by atoms with Gasteiger partial charge in [-0.25, -0.2) is 9.59 Å². The summed E-state index contributed by atoms with van der Waals surface area (Å²) in [6.07, 6.45) is 0.0636. The summed E-state index contributed by atoms with van der Waals surface area (Å²) in [5, 5.41) is 15.7. The van der Waals surface area contributed by atoms with E-state index in [0.717, 1.165) is 27.1 Å². The number of aromatic carboxylic acids is 1. The Balaban J connectivity index is 1.21. The molecule has 1 saturated heterocycles. The van der Waals surface area contributed by atoms with Crippen molar-refractivity contribution in [3.05, 3.63) is 249 Å². The Morgan fingerprint density at radius 1 is 0.753 bits per heavy atom. The molecule has 0 bridgehead atoms. The Labute approximate surface area is 450 Å². The molecule has 13 nitrogen and oxygen atoms in total. The molecule has 3 atom stereocenters. The minimum Gasteiger partial charge on any atom is -0.497 e. The maximum absolute atomic E-state index is 14.4. The van der Waals surface area contributed by atoms with Crippen molar-refractivity contribution in [2.24, 2.45) is 5.73 Å². The normalized spacial score (nSPS) is 15.7. The highest BCUT2D eigenvalue weighted by Crippen LogP contribution is 2.47. The highest BCUT2D eigenvalue weighted by atomic mass is 28.4. The van der Waals surface area contributed by atoms with E-state index in [0.29, 0.717) is 39.3 Å². The molecular weight excluding hydrogens is 985 g/mol. The molecule has 77 heavy (non-hydrogen) atoms. The summed E-state index contributed by atoms with van der Waals surface area (Å²) in [7, 11) is -0.0146. The predicted octanol–water partition coefficient (Wildman–Crippen LogP) is 10.1. The molecule has 1 amide bonds. The number of carbonyl (C=O) groups is 2. The molecular formula is C63H64N4O9Si. The number of anilines is 1. The third-order valence-corrected chi connectivity index (χ3v) is 19.6. The molecule has 8 aromatic rings. The molecule has 1 aromatic heterocycles. The molecule has 7 aromatic carbocycles. The van der Waals surface area contributed by atoms with Crippen LogP contribution >= 0.6 is 0 Å². The van der Waals surface area contributed by atoms with Gasteiger partial charge in [-0.05, 0) is 98.2 Å². The van der Waals surface area contributed by atoms with Crippen LogP contribution in [0.25, 0.3) is 0 Å². The lowest BCUT2D eigenvalue weighted by Crippen LogP contribution is -2.66. The van der Waals surface area contributed by atoms with Gasteiger partial charge in [0, 0.05) is 36.2 Å². The van der Waals surface area contributed by atoms with Gasteiger partial charge in [-0.15, -0.1) is 0 Å². The molecule has 0 unspecified atom stereocenters. The lowest BCUT2D eigenvalue weighted by atomic mass is 9.79. The number of hydrogen-bond acceptors (Lipinski definition) is 10. The molecule has 9 rings (SSSR count). The summed E-state index contributed by atoms with van der Waals surface area (Å²) in [5.74, 6) is -0.733. The number of carboxylic acids is 1. The standard InChI is InChI=1S/C63H64N4O9Si/c1-42-39-67(61(71)66-58(42)65-59(68)44-19-11-7-12-20-44)57-37-53(56(76-57)41-74-63(45-21-13-8-14-22-45,46-27-31-48(72-5)32-28-46)47-29-33-49(73-6)34-30-47)52-35-43(38-64)36-54(60(69)70)55(52)40-75-77(62(2,3)4,50-23-15-9-16-24-50)51-25-17-10-18-26-51/h7-36,39,53,56-57H,37-38,40-41,64H2,1-6H3,(H,69,70)(H,65,66,68,71)/t53-,56-,57+/m0/s1. The molecule has 394 valence electrons. The topological polar surface area (TPSA) is 173 Å². The second kappa shape index (κ2) is 23.1. The van der Waals surface area contributed by atoms with E-state index in [1.165, 1.54) is 4.57 Å². The molecule has 0 saturated carbocycles. The van der Waals surface area contributed by atoms with Crippen molar-refractivity contribution in [1.29, 1.82) is 0 Å². The van der Waals surface area contributed by atoms with E-state index in [-0.39, 0.29) is 37.6 Å². The molecule has 14 heteroatoms. The first-order valence-corrected chi connectivity index (χ1v) is 27.6. The van der Waals surface area contributed by atoms with Gasteiger partial charge in [-0.1, -0.05) is 160 Å². The van der Waals surface area contributed by atoms with Crippen molar-refractivity contribution >= 4 is 36.4 Å². The zero-order valence-electron chi connectivity index (χ0n) is 44.1. The number of methoxy groups -OCH3 is 2. The number of carboxylic acid groups (broad SMARTS) is 1. The number of rotatable bonds is 19.